The molecule has 1 N–H and O–H groups in total. The molecule has 1 aromatic heterocycles. The SMILES string of the molecule is CC(C)c1c(OC2CC2)ccnc1C(=O)O. The van der Waals surface area contributed by atoms with Crippen molar-refractivity contribution >= 4 is 5.97 Å². The molecule has 1 fully saturated rings. The highest BCUT2D eigenvalue weighted by atomic mass is 16.5. The molecule has 0 amide bonds. The number of carboxylic acid groups (broad SMARTS) is 1. The van der Waals surface area contributed by atoms with Crippen molar-refractivity contribution in [2.24, 2.45) is 0 Å². The van der Waals surface area contributed by atoms with Gasteiger partial charge in [0.25, 0.3) is 0 Å². The summed E-state index contributed by atoms with van der Waals surface area (Å²) in [6, 6.07) is 1.75. The van der Waals surface area contributed by atoms with Gasteiger partial charge in [-0.05, 0) is 24.8 Å². The van der Waals surface area contributed by atoms with Crippen molar-refractivity contribution in [2.45, 2.75) is 38.7 Å². The molecule has 1 aliphatic rings. The number of hydrogen-bond donors (Lipinski definition) is 1. The fraction of sp³-hybridized carbons (Fsp3) is 0.500. The maximum atomic E-state index is 11.1. The van der Waals surface area contributed by atoms with E-state index >= 15 is 0 Å². The molecule has 0 unspecified atom stereocenters. The van der Waals surface area contributed by atoms with Crippen LogP contribution in [0.2, 0.25) is 0 Å². The van der Waals surface area contributed by atoms with Gasteiger partial charge in [0.15, 0.2) is 5.69 Å². The van der Waals surface area contributed by atoms with E-state index in [4.69, 9.17) is 9.84 Å². The molecule has 0 bridgehead atoms. The highest BCUT2D eigenvalue weighted by Crippen LogP contribution is 2.33. The van der Waals surface area contributed by atoms with Gasteiger partial charge in [0, 0.05) is 11.8 Å². The van der Waals surface area contributed by atoms with E-state index in [-0.39, 0.29) is 17.7 Å². The summed E-state index contributed by atoms with van der Waals surface area (Å²) in [5.74, 6) is -0.233. The van der Waals surface area contributed by atoms with Crippen LogP contribution in [0.15, 0.2) is 12.3 Å². The number of carbonyl (C=O) groups is 1. The first-order valence-corrected chi connectivity index (χ1v) is 5.48. The number of carboxylic acids is 1. The molecule has 0 aromatic carbocycles. The molecule has 1 aromatic rings. The van der Waals surface area contributed by atoms with E-state index in [9.17, 15) is 4.79 Å². The van der Waals surface area contributed by atoms with Gasteiger partial charge in [-0.2, -0.15) is 0 Å². The Kier molecular flexibility index (Phi) is 2.81. The first-order chi connectivity index (χ1) is 7.59. The maximum Gasteiger partial charge on any atom is 0.354 e. The molecule has 0 radical (unpaired) electrons. The number of aromatic nitrogens is 1. The molecule has 1 heterocycles. The summed E-state index contributed by atoms with van der Waals surface area (Å²) in [5, 5.41) is 9.07. The maximum absolute atomic E-state index is 11.1. The highest BCUT2D eigenvalue weighted by Gasteiger charge is 2.27. The van der Waals surface area contributed by atoms with Crippen molar-refractivity contribution in [3.05, 3.63) is 23.5 Å². The van der Waals surface area contributed by atoms with Gasteiger partial charge in [0.1, 0.15) is 5.75 Å². The summed E-state index contributed by atoms with van der Waals surface area (Å²) in [6.07, 6.45) is 3.87. The zero-order valence-electron chi connectivity index (χ0n) is 9.43. The van der Waals surface area contributed by atoms with Crippen LogP contribution in [0.5, 0.6) is 5.75 Å². The van der Waals surface area contributed by atoms with Crippen molar-refractivity contribution < 1.29 is 14.6 Å². The third-order valence-corrected chi connectivity index (χ3v) is 2.55. The van der Waals surface area contributed by atoms with Crippen LogP contribution in [-0.2, 0) is 0 Å². The molecule has 86 valence electrons. The van der Waals surface area contributed by atoms with Gasteiger partial charge in [-0.3, -0.25) is 0 Å². The van der Waals surface area contributed by atoms with Crippen LogP contribution in [0.3, 0.4) is 0 Å². The zero-order valence-corrected chi connectivity index (χ0v) is 9.43. The topological polar surface area (TPSA) is 59.4 Å². The molecule has 2 rings (SSSR count). The number of ether oxygens (including phenoxy) is 1. The minimum Gasteiger partial charge on any atom is -0.490 e. The van der Waals surface area contributed by atoms with E-state index in [1.54, 1.807) is 6.07 Å². The first-order valence-electron chi connectivity index (χ1n) is 5.48. The van der Waals surface area contributed by atoms with Crippen LogP contribution < -0.4 is 4.74 Å². The van der Waals surface area contributed by atoms with Crippen LogP contribution >= 0.6 is 0 Å². The van der Waals surface area contributed by atoms with Crippen molar-refractivity contribution in [2.75, 3.05) is 0 Å². The van der Waals surface area contributed by atoms with E-state index < -0.39 is 5.97 Å². The standard InChI is InChI=1S/C12H15NO3/c1-7(2)10-9(16-8-3-4-8)5-6-13-11(10)12(14)15/h5-8H,3-4H2,1-2H3,(H,14,15). The quantitative estimate of drug-likeness (QED) is 0.848. The predicted octanol–water partition coefficient (Wildman–Crippen LogP) is 2.44. The lowest BCUT2D eigenvalue weighted by molar-refractivity contribution is 0.0687. The van der Waals surface area contributed by atoms with Crippen molar-refractivity contribution in [1.82, 2.24) is 4.98 Å². The Bertz CT molecular complexity index is 411. The lowest BCUT2D eigenvalue weighted by atomic mass is 10.0. The predicted molar refractivity (Wildman–Crippen MR) is 58.9 cm³/mol. The number of nitrogens with zero attached hydrogens (tertiary/aromatic N) is 1. The number of pyridine rings is 1. The number of rotatable bonds is 4. The van der Waals surface area contributed by atoms with Gasteiger partial charge in [-0.1, -0.05) is 13.8 Å². The minimum absolute atomic E-state index is 0.0912. The fourth-order valence-corrected chi connectivity index (χ4v) is 1.65. The number of hydrogen-bond acceptors (Lipinski definition) is 3. The molecule has 0 atom stereocenters. The van der Waals surface area contributed by atoms with Crippen LogP contribution in [-0.4, -0.2) is 22.2 Å². The molecule has 1 saturated carbocycles. The summed E-state index contributed by atoms with van der Waals surface area (Å²) in [6.45, 7) is 3.90. The Morgan fingerprint density at radius 1 is 1.56 bits per heavy atom. The smallest absolute Gasteiger partial charge is 0.354 e. The Labute approximate surface area is 94.3 Å². The largest absolute Gasteiger partial charge is 0.490 e. The van der Waals surface area contributed by atoms with Gasteiger partial charge >= 0.3 is 5.97 Å². The Morgan fingerprint density at radius 2 is 2.25 bits per heavy atom. The van der Waals surface area contributed by atoms with Gasteiger partial charge in [-0.25, -0.2) is 9.78 Å². The van der Waals surface area contributed by atoms with Crippen LogP contribution in [0.25, 0.3) is 0 Å². The van der Waals surface area contributed by atoms with Gasteiger partial charge in [0.2, 0.25) is 0 Å². The lowest BCUT2D eigenvalue weighted by Gasteiger charge is -2.15. The monoisotopic (exact) mass is 221 g/mol. The summed E-state index contributed by atoms with van der Waals surface area (Å²) in [5.41, 5.74) is 0.801. The van der Waals surface area contributed by atoms with Crippen LogP contribution in [0, 0.1) is 0 Å². The third-order valence-electron chi connectivity index (χ3n) is 2.55. The fourth-order valence-electron chi connectivity index (χ4n) is 1.65. The normalized spacial score (nSPS) is 15.2. The second-order valence-corrected chi connectivity index (χ2v) is 4.35. The second-order valence-electron chi connectivity index (χ2n) is 4.35. The van der Waals surface area contributed by atoms with E-state index in [0.717, 1.165) is 12.8 Å². The first kappa shape index (κ1) is 10.9. The summed E-state index contributed by atoms with van der Waals surface area (Å²) in [7, 11) is 0. The Balaban J connectivity index is 2.41. The van der Waals surface area contributed by atoms with Gasteiger partial charge < -0.3 is 9.84 Å². The van der Waals surface area contributed by atoms with Crippen molar-refractivity contribution in [1.29, 1.82) is 0 Å². The van der Waals surface area contributed by atoms with Gasteiger partial charge in [0.05, 0.1) is 6.10 Å². The van der Waals surface area contributed by atoms with E-state index in [1.165, 1.54) is 6.20 Å². The van der Waals surface area contributed by atoms with Gasteiger partial charge in [-0.15, -0.1) is 0 Å². The van der Waals surface area contributed by atoms with Crippen LogP contribution in [0.1, 0.15) is 48.7 Å². The number of aromatic carboxylic acids is 1. The molecule has 4 heteroatoms. The lowest BCUT2D eigenvalue weighted by Crippen LogP contribution is -2.10. The Hall–Kier alpha value is -1.58. The van der Waals surface area contributed by atoms with Crippen molar-refractivity contribution in [3.63, 3.8) is 0 Å². The summed E-state index contributed by atoms with van der Waals surface area (Å²) in [4.78, 5) is 15.0. The van der Waals surface area contributed by atoms with Crippen molar-refractivity contribution in [3.8, 4) is 5.75 Å². The average Bonchev–Trinajstić information content (AvgIpc) is 3.00. The Morgan fingerprint density at radius 3 is 2.75 bits per heavy atom. The molecule has 4 nitrogen and oxygen atoms in total. The highest BCUT2D eigenvalue weighted by molar-refractivity contribution is 5.88. The molecule has 1 aliphatic carbocycles. The van der Waals surface area contributed by atoms with E-state index in [2.05, 4.69) is 4.98 Å². The van der Waals surface area contributed by atoms with Crippen LogP contribution in [0.4, 0.5) is 0 Å². The average molecular weight is 221 g/mol. The molecule has 0 spiro atoms. The van der Waals surface area contributed by atoms with E-state index in [0.29, 0.717) is 11.3 Å². The third kappa shape index (κ3) is 2.15. The molecular formula is C12H15NO3. The summed E-state index contributed by atoms with van der Waals surface area (Å²) >= 11 is 0. The zero-order chi connectivity index (χ0) is 11.7. The summed E-state index contributed by atoms with van der Waals surface area (Å²) < 4.78 is 5.71. The van der Waals surface area contributed by atoms with E-state index in [1.807, 2.05) is 13.8 Å². The minimum atomic E-state index is -0.995. The molecular weight excluding hydrogens is 206 g/mol. The molecule has 16 heavy (non-hydrogen) atoms. The molecule has 0 aliphatic heterocycles. The molecule has 0 saturated heterocycles. The second kappa shape index (κ2) is 4.12.